The zero-order valence-electron chi connectivity index (χ0n) is 14.0. The summed E-state index contributed by atoms with van der Waals surface area (Å²) in [4.78, 5) is 27.5. The number of anilines is 1. The van der Waals surface area contributed by atoms with Crippen LogP contribution in [0.1, 0.15) is 33.7 Å². The molecule has 7 heteroatoms. The van der Waals surface area contributed by atoms with Crippen molar-refractivity contribution in [2.75, 3.05) is 5.32 Å². The van der Waals surface area contributed by atoms with Crippen molar-refractivity contribution in [2.24, 2.45) is 0 Å². The van der Waals surface area contributed by atoms with E-state index in [1.807, 2.05) is 19.9 Å². The number of aromatic nitrogens is 3. The Morgan fingerprint density at radius 2 is 1.92 bits per heavy atom. The van der Waals surface area contributed by atoms with Gasteiger partial charge in [-0.25, -0.2) is 9.50 Å². The number of benzene rings is 1. The molecule has 1 aromatic carbocycles. The van der Waals surface area contributed by atoms with Crippen LogP contribution >= 0.6 is 0 Å². The van der Waals surface area contributed by atoms with Crippen molar-refractivity contribution in [3.05, 3.63) is 59.0 Å². The molecule has 0 fully saturated rings. The van der Waals surface area contributed by atoms with Gasteiger partial charge in [-0.15, -0.1) is 0 Å². The molecule has 0 aliphatic heterocycles. The molecule has 0 unspecified atom stereocenters. The van der Waals surface area contributed by atoms with E-state index in [0.29, 0.717) is 23.3 Å². The molecule has 0 aliphatic rings. The molecule has 3 aromatic rings. The largest absolute Gasteiger partial charge is 0.481 e. The van der Waals surface area contributed by atoms with Crippen molar-refractivity contribution in [3.63, 3.8) is 0 Å². The van der Waals surface area contributed by atoms with E-state index in [-0.39, 0.29) is 12.3 Å². The van der Waals surface area contributed by atoms with Crippen LogP contribution in [0.3, 0.4) is 0 Å². The molecule has 0 radical (unpaired) electrons. The van der Waals surface area contributed by atoms with Crippen molar-refractivity contribution in [1.29, 1.82) is 0 Å². The van der Waals surface area contributed by atoms with Crippen molar-refractivity contribution in [3.8, 4) is 0 Å². The van der Waals surface area contributed by atoms with Crippen LogP contribution in [0, 0.1) is 13.8 Å². The summed E-state index contributed by atoms with van der Waals surface area (Å²) in [7, 11) is 0. The smallest absolute Gasteiger partial charge is 0.303 e. The van der Waals surface area contributed by atoms with Crippen molar-refractivity contribution >= 4 is 23.2 Å². The number of nitrogens with one attached hydrogen (secondary N) is 1. The molecule has 0 saturated heterocycles. The molecule has 1 amide bonds. The zero-order valence-corrected chi connectivity index (χ0v) is 14.0. The Morgan fingerprint density at radius 3 is 2.60 bits per heavy atom. The minimum Gasteiger partial charge on any atom is -0.481 e. The first-order chi connectivity index (χ1) is 11.9. The lowest BCUT2D eigenvalue weighted by Crippen LogP contribution is -2.12. The van der Waals surface area contributed by atoms with Gasteiger partial charge in [0.05, 0.1) is 6.20 Å². The van der Waals surface area contributed by atoms with E-state index >= 15 is 0 Å². The molecular formula is C18H18N4O3. The van der Waals surface area contributed by atoms with Crippen LogP contribution in [0.5, 0.6) is 0 Å². The fourth-order valence-electron chi connectivity index (χ4n) is 2.64. The third kappa shape index (κ3) is 3.65. The summed E-state index contributed by atoms with van der Waals surface area (Å²) in [6, 6.07) is 9.02. The molecule has 0 atom stereocenters. The van der Waals surface area contributed by atoms with E-state index in [2.05, 4.69) is 15.4 Å². The summed E-state index contributed by atoms with van der Waals surface area (Å²) in [5, 5.41) is 15.7. The Bertz CT molecular complexity index is 945. The van der Waals surface area contributed by atoms with Crippen LogP contribution in [-0.2, 0) is 11.2 Å². The SMILES string of the molecule is Cc1cc(C)n2ncc(C(=O)Nc3ccc(CCC(=O)O)cc3)c2n1. The second-order valence-corrected chi connectivity index (χ2v) is 5.88. The molecule has 2 heterocycles. The second kappa shape index (κ2) is 6.72. The lowest BCUT2D eigenvalue weighted by molar-refractivity contribution is -0.136. The van der Waals surface area contributed by atoms with Gasteiger partial charge in [-0.1, -0.05) is 12.1 Å². The van der Waals surface area contributed by atoms with Gasteiger partial charge >= 0.3 is 5.97 Å². The fraction of sp³-hybridized carbons (Fsp3) is 0.222. The average molecular weight is 338 g/mol. The minimum atomic E-state index is -0.830. The van der Waals surface area contributed by atoms with Gasteiger partial charge in [0.25, 0.3) is 5.91 Å². The molecule has 3 rings (SSSR count). The molecule has 25 heavy (non-hydrogen) atoms. The summed E-state index contributed by atoms with van der Waals surface area (Å²) < 4.78 is 1.64. The van der Waals surface area contributed by atoms with Gasteiger partial charge in [0.1, 0.15) is 5.56 Å². The third-order valence-electron chi connectivity index (χ3n) is 3.86. The number of aliphatic carboxylic acids is 1. The number of hydrogen-bond donors (Lipinski definition) is 2. The first kappa shape index (κ1) is 16.6. The lowest BCUT2D eigenvalue weighted by atomic mass is 10.1. The maximum absolute atomic E-state index is 12.5. The maximum Gasteiger partial charge on any atom is 0.303 e. The van der Waals surface area contributed by atoms with E-state index in [1.165, 1.54) is 6.20 Å². The summed E-state index contributed by atoms with van der Waals surface area (Å²) in [6.07, 6.45) is 2.05. The molecule has 0 bridgehead atoms. The number of amides is 1. The highest BCUT2D eigenvalue weighted by molar-refractivity contribution is 6.08. The van der Waals surface area contributed by atoms with Crippen molar-refractivity contribution < 1.29 is 14.7 Å². The lowest BCUT2D eigenvalue weighted by Gasteiger charge is -2.06. The van der Waals surface area contributed by atoms with Gasteiger partial charge in [-0.05, 0) is 44.0 Å². The predicted octanol–water partition coefficient (Wildman–Crippen LogP) is 2.62. The third-order valence-corrected chi connectivity index (χ3v) is 3.86. The van der Waals surface area contributed by atoms with Crippen LogP contribution in [0.2, 0.25) is 0 Å². The van der Waals surface area contributed by atoms with Crippen LogP contribution in [0.15, 0.2) is 36.5 Å². The van der Waals surface area contributed by atoms with E-state index in [0.717, 1.165) is 17.0 Å². The van der Waals surface area contributed by atoms with Crippen LogP contribution in [0.4, 0.5) is 5.69 Å². The van der Waals surface area contributed by atoms with Gasteiger partial charge in [0.2, 0.25) is 0 Å². The molecule has 0 saturated carbocycles. The number of carbonyl (C=O) groups excluding carboxylic acids is 1. The number of carboxylic acids is 1. The number of hydrogen-bond acceptors (Lipinski definition) is 4. The molecule has 0 aliphatic carbocycles. The summed E-state index contributed by atoms with van der Waals surface area (Å²) >= 11 is 0. The number of rotatable bonds is 5. The Balaban J connectivity index is 1.77. The van der Waals surface area contributed by atoms with Gasteiger partial charge in [-0.3, -0.25) is 9.59 Å². The van der Waals surface area contributed by atoms with Gasteiger partial charge in [0.15, 0.2) is 5.65 Å². The number of carboxylic acid groups (broad SMARTS) is 1. The van der Waals surface area contributed by atoms with E-state index in [4.69, 9.17) is 5.11 Å². The molecular weight excluding hydrogens is 320 g/mol. The van der Waals surface area contributed by atoms with E-state index in [9.17, 15) is 9.59 Å². The summed E-state index contributed by atoms with van der Waals surface area (Å²) in [5.41, 5.74) is 4.19. The zero-order chi connectivity index (χ0) is 18.0. The quantitative estimate of drug-likeness (QED) is 0.745. The molecule has 2 N–H and O–H groups in total. The van der Waals surface area contributed by atoms with Gasteiger partial charge in [0, 0.05) is 23.5 Å². The normalized spacial score (nSPS) is 10.8. The van der Waals surface area contributed by atoms with Gasteiger partial charge < -0.3 is 10.4 Å². The fourth-order valence-corrected chi connectivity index (χ4v) is 2.64. The Hall–Kier alpha value is -3.22. The second-order valence-electron chi connectivity index (χ2n) is 5.88. The van der Waals surface area contributed by atoms with Gasteiger partial charge in [-0.2, -0.15) is 5.10 Å². The first-order valence-electron chi connectivity index (χ1n) is 7.88. The Labute approximate surface area is 144 Å². The van der Waals surface area contributed by atoms with Crippen LogP contribution in [-0.4, -0.2) is 31.6 Å². The van der Waals surface area contributed by atoms with E-state index in [1.54, 1.807) is 28.8 Å². The molecule has 128 valence electrons. The number of carbonyl (C=O) groups is 2. The van der Waals surface area contributed by atoms with Crippen molar-refractivity contribution in [1.82, 2.24) is 14.6 Å². The number of nitrogens with zero attached hydrogens (tertiary/aromatic N) is 3. The first-order valence-corrected chi connectivity index (χ1v) is 7.88. The van der Waals surface area contributed by atoms with Crippen LogP contribution in [0.25, 0.3) is 5.65 Å². The number of fused-ring (bicyclic) bond motifs is 1. The molecule has 2 aromatic heterocycles. The van der Waals surface area contributed by atoms with Crippen LogP contribution < -0.4 is 5.32 Å². The van der Waals surface area contributed by atoms with Crippen molar-refractivity contribution in [2.45, 2.75) is 26.7 Å². The standard InChI is InChI=1S/C18H18N4O3/c1-11-9-12(2)22-17(20-11)15(10-19-22)18(25)21-14-6-3-13(4-7-14)5-8-16(23)24/h3-4,6-7,9-10H,5,8H2,1-2H3,(H,21,25)(H,23,24). The highest BCUT2D eigenvalue weighted by Crippen LogP contribution is 2.16. The monoisotopic (exact) mass is 338 g/mol. The highest BCUT2D eigenvalue weighted by Gasteiger charge is 2.15. The Morgan fingerprint density at radius 1 is 1.20 bits per heavy atom. The number of aryl methyl sites for hydroxylation is 3. The minimum absolute atomic E-state index is 0.0818. The topological polar surface area (TPSA) is 96.6 Å². The molecule has 7 nitrogen and oxygen atoms in total. The summed E-state index contributed by atoms with van der Waals surface area (Å²) in [6.45, 7) is 3.78. The highest BCUT2D eigenvalue weighted by atomic mass is 16.4. The predicted molar refractivity (Wildman–Crippen MR) is 92.8 cm³/mol. The Kier molecular flexibility index (Phi) is 4.47. The van der Waals surface area contributed by atoms with E-state index < -0.39 is 5.97 Å². The summed E-state index contributed by atoms with van der Waals surface area (Å²) in [5.74, 6) is -1.12. The maximum atomic E-state index is 12.5. The molecule has 0 spiro atoms. The average Bonchev–Trinajstić information content (AvgIpc) is 2.98.